The minimum Gasteiger partial charge on any atom is -0.390 e. The number of hydrogen-bond donors (Lipinski definition) is 2. The quantitative estimate of drug-likeness (QED) is 0.788. The molecule has 1 aromatic carbocycles. The molecule has 0 saturated carbocycles. The van der Waals surface area contributed by atoms with Crippen LogP contribution in [0.2, 0.25) is 0 Å². The predicted molar refractivity (Wildman–Crippen MR) is 110 cm³/mol. The zero-order chi connectivity index (χ0) is 20.5. The maximum Gasteiger partial charge on any atom is 0.216 e. The van der Waals surface area contributed by atoms with Crippen LogP contribution >= 0.6 is 0 Å². The van der Waals surface area contributed by atoms with Crippen molar-refractivity contribution in [2.45, 2.75) is 51.0 Å². The molecule has 8 heteroatoms. The molecular formula is C20H28N4O3S. The molecule has 0 radical (unpaired) electrons. The van der Waals surface area contributed by atoms with E-state index in [4.69, 9.17) is 0 Å². The Morgan fingerprint density at radius 3 is 2.36 bits per heavy atom. The van der Waals surface area contributed by atoms with Gasteiger partial charge >= 0.3 is 0 Å². The molecule has 0 bridgehead atoms. The maximum absolute atomic E-state index is 12.6. The SMILES string of the molecule is Cc1ccc(N2C[C@@H](O)[C@@H](NS(=O)(=O)Cc3ccc(C(C)(C)C)cc3)C2)nn1. The van der Waals surface area contributed by atoms with Crippen LogP contribution in [0.5, 0.6) is 0 Å². The molecule has 3 rings (SSSR count). The van der Waals surface area contributed by atoms with Crippen molar-refractivity contribution in [3.8, 4) is 0 Å². The minimum atomic E-state index is -3.58. The van der Waals surface area contributed by atoms with E-state index in [0.717, 1.165) is 11.3 Å². The van der Waals surface area contributed by atoms with Crippen molar-refractivity contribution in [2.75, 3.05) is 18.0 Å². The Morgan fingerprint density at radius 1 is 1.11 bits per heavy atom. The number of aromatic nitrogens is 2. The molecule has 2 aromatic rings. The highest BCUT2D eigenvalue weighted by Crippen LogP contribution is 2.23. The van der Waals surface area contributed by atoms with E-state index in [2.05, 4.69) is 35.7 Å². The van der Waals surface area contributed by atoms with E-state index >= 15 is 0 Å². The monoisotopic (exact) mass is 404 g/mol. The maximum atomic E-state index is 12.6. The number of anilines is 1. The van der Waals surface area contributed by atoms with Crippen molar-refractivity contribution in [1.29, 1.82) is 0 Å². The number of β-amino-alcohol motifs (C(OH)–C–C–N with tert-alkyl or cyclic N) is 1. The summed E-state index contributed by atoms with van der Waals surface area (Å²) in [6.45, 7) is 8.86. The smallest absolute Gasteiger partial charge is 0.216 e. The Balaban J connectivity index is 1.64. The standard InChI is InChI=1S/C20H28N4O3S/c1-14-5-10-19(22-21-14)24-11-17(18(25)12-24)23-28(26,27)13-15-6-8-16(9-7-15)20(2,3)4/h5-10,17-18,23,25H,11-13H2,1-4H3/t17-,18+/m0/s1. The summed E-state index contributed by atoms with van der Waals surface area (Å²) in [6.07, 6.45) is -0.804. The lowest BCUT2D eigenvalue weighted by molar-refractivity contribution is 0.174. The number of aliphatic hydroxyl groups excluding tert-OH is 1. The number of benzene rings is 1. The molecule has 0 aliphatic carbocycles. The van der Waals surface area contributed by atoms with Gasteiger partial charge in [0.1, 0.15) is 0 Å². The van der Waals surface area contributed by atoms with Crippen molar-refractivity contribution in [1.82, 2.24) is 14.9 Å². The number of nitrogens with one attached hydrogen (secondary N) is 1. The van der Waals surface area contributed by atoms with Crippen LogP contribution in [-0.2, 0) is 21.2 Å². The summed E-state index contributed by atoms with van der Waals surface area (Å²) in [5.41, 5.74) is 2.70. The molecular weight excluding hydrogens is 376 g/mol. The predicted octanol–water partition coefficient (Wildman–Crippen LogP) is 1.75. The van der Waals surface area contributed by atoms with Gasteiger partial charge in [0.15, 0.2) is 5.82 Å². The van der Waals surface area contributed by atoms with Crippen LogP contribution in [0.3, 0.4) is 0 Å². The third-order valence-electron chi connectivity index (χ3n) is 4.90. The van der Waals surface area contributed by atoms with Crippen LogP contribution in [0.1, 0.15) is 37.6 Å². The normalized spacial score (nSPS) is 20.5. The van der Waals surface area contributed by atoms with E-state index in [0.29, 0.717) is 24.5 Å². The number of hydrogen-bond acceptors (Lipinski definition) is 6. The highest BCUT2D eigenvalue weighted by atomic mass is 32.2. The van der Waals surface area contributed by atoms with Gasteiger partial charge in [0.25, 0.3) is 0 Å². The van der Waals surface area contributed by atoms with Crippen LogP contribution in [-0.4, -0.2) is 49.0 Å². The third kappa shape index (κ3) is 5.06. The van der Waals surface area contributed by atoms with Crippen LogP contribution in [0, 0.1) is 6.92 Å². The van der Waals surface area contributed by atoms with Gasteiger partial charge in [-0.25, -0.2) is 13.1 Å². The van der Waals surface area contributed by atoms with Gasteiger partial charge in [0.2, 0.25) is 10.0 Å². The number of nitrogens with zero attached hydrogens (tertiary/aromatic N) is 3. The topological polar surface area (TPSA) is 95.4 Å². The summed E-state index contributed by atoms with van der Waals surface area (Å²) in [6, 6.07) is 10.7. The van der Waals surface area contributed by atoms with E-state index in [-0.39, 0.29) is 11.2 Å². The lowest BCUT2D eigenvalue weighted by Crippen LogP contribution is -2.43. The van der Waals surface area contributed by atoms with Crippen LogP contribution < -0.4 is 9.62 Å². The van der Waals surface area contributed by atoms with Crippen molar-refractivity contribution < 1.29 is 13.5 Å². The molecule has 2 atom stereocenters. The molecule has 0 amide bonds. The van der Waals surface area contributed by atoms with Gasteiger partial charge in [-0.3, -0.25) is 0 Å². The van der Waals surface area contributed by atoms with Crippen molar-refractivity contribution >= 4 is 15.8 Å². The first-order valence-corrected chi connectivity index (χ1v) is 11.0. The van der Waals surface area contributed by atoms with Gasteiger partial charge in [-0.1, -0.05) is 45.0 Å². The highest BCUT2D eigenvalue weighted by Gasteiger charge is 2.35. The first-order valence-electron chi connectivity index (χ1n) is 9.36. The molecule has 152 valence electrons. The number of aliphatic hydroxyl groups is 1. The summed E-state index contributed by atoms with van der Waals surface area (Å²) in [5.74, 6) is 0.509. The second kappa shape index (κ2) is 7.77. The molecule has 2 N–H and O–H groups in total. The molecule has 1 aromatic heterocycles. The van der Waals surface area contributed by atoms with Gasteiger partial charge in [-0.15, -0.1) is 5.10 Å². The van der Waals surface area contributed by atoms with E-state index < -0.39 is 22.2 Å². The van der Waals surface area contributed by atoms with Gasteiger partial charge in [-0.05, 0) is 35.6 Å². The minimum absolute atomic E-state index is 0.0198. The zero-order valence-electron chi connectivity index (χ0n) is 16.8. The van der Waals surface area contributed by atoms with Crippen LogP contribution in [0.15, 0.2) is 36.4 Å². The first kappa shape index (κ1) is 20.7. The average Bonchev–Trinajstić information content (AvgIpc) is 2.94. The molecule has 0 spiro atoms. The lowest BCUT2D eigenvalue weighted by atomic mass is 9.87. The number of aryl methyl sites for hydroxylation is 1. The Morgan fingerprint density at radius 2 is 1.79 bits per heavy atom. The van der Waals surface area contributed by atoms with Gasteiger partial charge < -0.3 is 10.0 Å². The Labute approximate surface area is 166 Å². The van der Waals surface area contributed by atoms with E-state index in [1.165, 1.54) is 0 Å². The average molecular weight is 405 g/mol. The lowest BCUT2D eigenvalue weighted by Gasteiger charge is -2.19. The summed E-state index contributed by atoms with van der Waals surface area (Å²) in [4.78, 5) is 1.84. The number of sulfonamides is 1. The molecule has 7 nitrogen and oxygen atoms in total. The number of rotatable bonds is 5. The molecule has 28 heavy (non-hydrogen) atoms. The van der Waals surface area contributed by atoms with E-state index in [1.807, 2.05) is 48.2 Å². The van der Waals surface area contributed by atoms with Crippen molar-refractivity contribution in [2.24, 2.45) is 0 Å². The van der Waals surface area contributed by atoms with Crippen molar-refractivity contribution in [3.63, 3.8) is 0 Å². The molecule has 2 heterocycles. The molecule has 1 aliphatic heterocycles. The fourth-order valence-corrected chi connectivity index (χ4v) is 4.65. The highest BCUT2D eigenvalue weighted by molar-refractivity contribution is 7.88. The largest absolute Gasteiger partial charge is 0.390 e. The molecule has 1 aliphatic rings. The molecule has 1 saturated heterocycles. The summed E-state index contributed by atoms with van der Waals surface area (Å²) < 4.78 is 27.8. The van der Waals surface area contributed by atoms with E-state index in [1.54, 1.807) is 0 Å². The fourth-order valence-electron chi connectivity index (χ4n) is 3.24. The van der Waals surface area contributed by atoms with Gasteiger partial charge in [0.05, 0.1) is 23.6 Å². The fraction of sp³-hybridized carbons (Fsp3) is 0.500. The summed E-state index contributed by atoms with van der Waals surface area (Å²) in [5, 5.41) is 18.4. The summed E-state index contributed by atoms with van der Waals surface area (Å²) >= 11 is 0. The van der Waals surface area contributed by atoms with E-state index in [9.17, 15) is 13.5 Å². The zero-order valence-corrected chi connectivity index (χ0v) is 17.6. The second-order valence-electron chi connectivity index (χ2n) is 8.44. The second-order valence-corrected chi connectivity index (χ2v) is 10.2. The Hall–Kier alpha value is -2.03. The third-order valence-corrected chi connectivity index (χ3v) is 6.28. The Bertz CT molecular complexity index is 906. The summed E-state index contributed by atoms with van der Waals surface area (Å²) in [7, 11) is -3.58. The van der Waals surface area contributed by atoms with Gasteiger partial charge in [0, 0.05) is 13.1 Å². The Kier molecular flexibility index (Phi) is 5.74. The van der Waals surface area contributed by atoms with Crippen molar-refractivity contribution in [3.05, 3.63) is 53.2 Å². The first-order chi connectivity index (χ1) is 13.0. The molecule has 1 fully saturated rings. The van der Waals surface area contributed by atoms with Crippen LogP contribution in [0.25, 0.3) is 0 Å². The molecule has 0 unspecified atom stereocenters. The van der Waals surface area contributed by atoms with Crippen LogP contribution in [0.4, 0.5) is 5.82 Å². The van der Waals surface area contributed by atoms with Gasteiger partial charge in [-0.2, -0.15) is 5.10 Å².